The SMILES string of the molecule is Cc1ccc(NC(=O)CSCC(=O)Nc2cnc(N3CCCCC3C)c(C)c2)cc1. The Balaban J connectivity index is 1.44. The van der Waals surface area contributed by atoms with Gasteiger partial charge in [-0.1, -0.05) is 17.7 Å². The largest absolute Gasteiger partial charge is 0.354 e. The highest BCUT2D eigenvalue weighted by molar-refractivity contribution is 8.00. The maximum Gasteiger partial charge on any atom is 0.234 e. The number of carbonyl (C=O) groups is 2. The molecule has 0 spiro atoms. The number of carbonyl (C=O) groups excluding carboxylic acids is 2. The molecule has 1 fully saturated rings. The molecule has 0 bridgehead atoms. The first-order chi connectivity index (χ1) is 14.4. The molecule has 2 amide bonds. The van der Waals surface area contributed by atoms with Crippen LogP contribution in [0.2, 0.25) is 0 Å². The molecule has 6 nitrogen and oxygen atoms in total. The second-order valence-electron chi connectivity index (χ2n) is 7.86. The smallest absolute Gasteiger partial charge is 0.234 e. The summed E-state index contributed by atoms with van der Waals surface area (Å²) < 4.78 is 0. The summed E-state index contributed by atoms with van der Waals surface area (Å²) in [5.41, 5.74) is 3.66. The molecular formula is C23H30N4O2S. The summed E-state index contributed by atoms with van der Waals surface area (Å²) >= 11 is 1.29. The van der Waals surface area contributed by atoms with Crippen LogP contribution < -0.4 is 15.5 Å². The van der Waals surface area contributed by atoms with E-state index in [4.69, 9.17) is 0 Å². The Labute approximate surface area is 182 Å². The highest BCUT2D eigenvalue weighted by Crippen LogP contribution is 2.27. The predicted octanol–water partition coefficient (Wildman–Crippen LogP) is 4.39. The van der Waals surface area contributed by atoms with E-state index in [2.05, 4.69) is 27.4 Å². The van der Waals surface area contributed by atoms with Gasteiger partial charge in [0.15, 0.2) is 0 Å². The molecular weight excluding hydrogens is 396 g/mol. The summed E-state index contributed by atoms with van der Waals surface area (Å²) in [4.78, 5) is 31.2. The van der Waals surface area contributed by atoms with Crippen LogP contribution in [-0.2, 0) is 9.59 Å². The Morgan fingerprint density at radius 3 is 2.37 bits per heavy atom. The number of nitrogens with zero attached hydrogens (tertiary/aromatic N) is 2. The summed E-state index contributed by atoms with van der Waals surface area (Å²) in [6.45, 7) is 7.30. The third-order valence-corrected chi connectivity index (χ3v) is 6.14. The number of amides is 2. The number of aromatic nitrogens is 1. The van der Waals surface area contributed by atoms with Crippen LogP contribution in [-0.4, -0.2) is 40.9 Å². The molecule has 1 aliphatic heterocycles. The molecule has 160 valence electrons. The average Bonchev–Trinajstić information content (AvgIpc) is 2.71. The maximum absolute atomic E-state index is 12.2. The van der Waals surface area contributed by atoms with Gasteiger partial charge >= 0.3 is 0 Å². The van der Waals surface area contributed by atoms with Gasteiger partial charge in [-0.2, -0.15) is 0 Å². The molecule has 3 rings (SSSR count). The number of nitrogens with one attached hydrogen (secondary N) is 2. The Bertz CT molecular complexity index is 885. The number of thioether (sulfide) groups is 1. The van der Waals surface area contributed by atoms with Gasteiger partial charge in [0.05, 0.1) is 23.4 Å². The van der Waals surface area contributed by atoms with Crippen LogP contribution in [0.1, 0.15) is 37.3 Å². The lowest BCUT2D eigenvalue weighted by atomic mass is 10.0. The van der Waals surface area contributed by atoms with Gasteiger partial charge in [0, 0.05) is 18.3 Å². The van der Waals surface area contributed by atoms with Gasteiger partial charge in [-0.25, -0.2) is 4.98 Å². The molecule has 2 N–H and O–H groups in total. The lowest BCUT2D eigenvalue weighted by Crippen LogP contribution is -2.38. The number of hydrogen-bond acceptors (Lipinski definition) is 5. The zero-order valence-corrected chi connectivity index (χ0v) is 18.7. The number of piperidine rings is 1. The van der Waals surface area contributed by atoms with Crippen molar-refractivity contribution >= 4 is 40.8 Å². The Morgan fingerprint density at radius 1 is 1.07 bits per heavy atom. The number of anilines is 3. The van der Waals surface area contributed by atoms with Gasteiger partial charge in [-0.05, 0) is 63.8 Å². The Kier molecular flexibility index (Phi) is 7.74. The van der Waals surface area contributed by atoms with E-state index in [0.717, 1.165) is 29.2 Å². The van der Waals surface area contributed by atoms with Crippen LogP contribution in [0.5, 0.6) is 0 Å². The molecule has 2 aromatic rings. The average molecular weight is 427 g/mol. The van der Waals surface area contributed by atoms with Crippen molar-refractivity contribution in [2.45, 2.75) is 46.1 Å². The van der Waals surface area contributed by atoms with Crippen LogP contribution in [0.25, 0.3) is 0 Å². The first-order valence-corrected chi connectivity index (χ1v) is 11.6. The van der Waals surface area contributed by atoms with E-state index in [1.54, 1.807) is 6.20 Å². The first-order valence-electron chi connectivity index (χ1n) is 10.4. The molecule has 7 heteroatoms. The fraction of sp³-hybridized carbons (Fsp3) is 0.435. The minimum absolute atomic E-state index is 0.117. The number of rotatable bonds is 7. The van der Waals surface area contributed by atoms with Gasteiger partial charge in [0.2, 0.25) is 11.8 Å². The van der Waals surface area contributed by atoms with E-state index in [1.165, 1.54) is 31.0 Å². The third-order valence-electron chi connectivity index (χ3n) is 5.21. The van der Waals surface area contributed by atoms with E-state index < -0.39 is 0 Å². The van der Waals surface area contributed by atoms with Crippen molar-refractivity contribution in [3.63, 3.8) is 0 Å². The number of aryl methyl sites for hydroxylation is 2. The number of pyridine rings is 1. The summed E-state index contributed by atoms with van der Waals surface area (Å²) in [6, 6.07) is 10.1. The van der Waals surface area contributed by atoms with E-state index in [-0.39, 0.29) is 23.3 Å². The second kappa shape index (κ2) is 10.5. The van der Waals surface area contributed by atoms with Crippen molar-refractivity contribution in [2.75, 3.05) is 33.6 Å². The van der Waals surface area contributed by atoms with E-state index in [9.17, 15) is 9.59 Å². The van der Waals surface area contributed by atoms with Gasteiger partial charge in [0.25, 0.3) is 0 Å². The van der Waals surface area contributed by atoms with Crippen molar-refractivity contribution < 1.29 is 9.59 Å². The normalized spacial score (nSPS) is 16.2. The molecule has 2 heterocycles. The van der Waals surface area contributed by atoms with Crippen LogP contribution in [0.15, 0.2) is 36.5 Å². The molecule has 1 aliphatic rings. The first kappa shape index (κ1) is 22.2. The van der Waals surface area contributed by atoms with Crippen LogP contribution >= 0.6 is 11.8 Å². The van der Waals surface area contributed by atoms with E-state index in [1.807, 2.05) is 44.2 Å². The molecule has 0 radical (unpaired) electrons. The lowest BCUT2D eigenvalue weighted by molar-refractivity contribution is -0.114. The van der Waals surface area contributed by atoms with Gasteiger partial charge < -0.3 is 15.5 Å². The van der Waals surface area contributed by atoms with Crippen molar-refractivity contribution in [1.29, 1.82) is 0 Å². The van der Waals surface area contributed by atoms with Crippen LogP contribution in [0, 0.1) is 13.8 Å². The van der Waals surface area contributed by atoms with Gasteiger partial charge in [-0.3, -0.25) is 9.59 Å². The standard InChI is InChI=1S/C23H30N4O2S/c1-16-7-9-19(10-8-16)25-21(28)14-30-15-22(29)26-20-12-17(2)23(24-13-20)27-11-5-4-6-18(27)3/h7-10,12-13,18H,4-6,11,14-15H2,1-3H3,(H,25,28)(H,26,29). The van der Waals surface area contributed by atoms with Crippen molar-refractivity contribution in [3.8, 4) is 0 Å². The second-order valence-corrected chi connectivity index (χ2v) is 8.84. The van der Waals surface area contributed by atoms with E-state index >= 15 is 0 Å². The minimum atomic E-state index is -0.136. The van der Waals surface area contributed by atoms with Gasteiger partial charge in [-0.15, -0.1) is 11.8 Å². The fourth-order valence-electron chi connectivity index (χ4n) is 3.62. The van der Waals surface area contributed by atoms with Crippen molar-refractivity contribution in [2.24, 2.45) is 0 Å². The minimum Gasteiger partial charge on any atom is -0.354 e. The molecule has 1 saturated heterocycles. The molecule has 1 unspecified atom stereocenters. The topological polar surface area (TPSA) is 74.3 Å². The van der Waals surface area contributed by atoms with Crippen molar-refractivity contribution in [1.82, 2.24) is 4.98 Å². The fourth-order valence-corrected chi connectivity index (χ4v) is 4.23. The molecule has 1 aromatic carbocycles. The van der Waals surface area contributed by atoms with E-state index in [0.29, 0.717) is 11.7 Å². The quantitative estimate of drug-likeness (QED) is 0.687. The molecule has 1 atom stereocenters. The van der Waals surface area contributed by atoms with Crippen LogP contribution in [0.3, 0.4) is 0 Å². The molecule has 0 saturated carbocycles. The summed E-state index contributed by atoms with van der Waals surface area (Å²) in [5.74, 6) is 1.19. The molecule has 0 aliphatic carbocycles. The zero-order chi connectivity index (χ0) is 21.5. The predicted molar refractivity (Wildman–Crippen MR) is 125 cm³/mol. The lowest BCUT2D eigenvalue weighted by Gasteiger charge is -2.35. The number of hydrogen-bond donors (Lipinski definition) is 2. The maximum atomic E-state index is 12.2. The van der Waals surface area contributed by atoms with Gasteiger partial charge in [0.1, 0.15) is 5.82 Å². The molecule has 1 aromatic heterocycles. The summed E-state index contributed by atoms with van der Waals surface area (Å²) in [6.07, 6.45) is 5.37. The van der Waals surface area contributed by atoms with Crippen LogP contribution in [0.4, 0.5) is 17.2 Å². The monoisotopic (exact) mass is 426 g/mol. The highest BCUT2D eigenvalue weighted by atomic mass is 32.2. The number of benzene rings is 1. The zero-order valence-electron chi connectivity index (χ0n) is 17.9. The molecule has 30 heavy (non-hydrogen) atoms. The third kappa shape index (κ3) is 6.23. The highest BCUT2D eigenvalue weighted by Gasteiger charge is 2.21. The Morgan fingerprint density at radius 2 is 1.73 bits per heavy atom. The summed E-state index contributed by atoms with van der Waals surface area (Å²) in [5, 5.41) is 5.72. The Hall–Kier alpha value is -2.54. The summed E-state index contributed by atoms with van der Waals surface area (Å²) in [7, 11) is 0. The van der Waals surface area contributed by atoms with Crippen molar-refractivity contribution in [3.05, 3.63) is 47.7 Å².